The minimum Gasteiger partial charge on any atom is -0.454 e. The molecule has 2 unspecified atom stereocenters. The molecule has 1 radical (unpaired) electrons. The van der Waals surface area contributed by atoms with Crippen molar-refractivity contribution in [2.24, 2.45) is 5.92 Å². The number of carbonyl (C=O) groups is 1. The Bertz CT molecular complexity index is 261. The number of fused-ring (bicyclic) bond motifs is 1. The van der Waals surface area contributed by atoms with Crippen LogP contribution in [0.25, 0.3) is 0 Å². The molecule has 0 bridgehead atoms. The van der Waals surface area contributed by atoms with Gasteiger partial charge in [-0.1, -0.05) is 18.2 Å². The van der Waals surface area contributed by atoms with Crippen LogP contribution < -0.4 is 0 Å². The summed E-state index contributed by atoms with van der Waals surface area (Å²) < 4.78 is 5.00. The molecule has 2 rings (SSSR count). The van der Waals surface area contributed by atoms with Crippen LogP contribution in [-0.4, -0.2) is 12.1 Å². The zero-order chi connectivity index (χ0) is 7.68. The molecule has 11 heavy (non-hydrogen) atoms. The lowest BCUT2D eigenvalue weighted by Crippen LogP contribution is -2.27. The van der Waals surface area contributed by atoms with Crippen LogP contribution in [0.4, 0.5) is 0 Å². The Balaban J connectivity index is 2.26. The van der Waals surface area contributed by atoms with E-state index in [4.69, 9.17) is 4.74 Å². The molecule has 0 amide bonds. The highest BCUT2D eigenvalue weighted by Gasteiger charge is 2.23. The van der Waals surface area contributed by atoms with Crippen LogP contribution in [0, 0.1) is 12.0 Å². The molecule has 0 spiro atoms. The first-order chi connectivity index (χ1) is 5.36. The summed E-state index contributed by atoms with van der Waals surface area (Å²) in [5.74, 6) is -0.0476. The second-order valence-corrected chi connectivity index (χ2v) is 2.53. The Hall–Kier alpha value is -1.31. The monoisotopic (exact) mass is 147 g/mol. The van der Waals surface area contributed by atoms with Crippen LogP contribution in [0.5, 0.6) is 0 Å². The molecule has 55 valence electrons. The highest BCUT2D eigenvalue weighted by molar-refractivity contribution is 5.83. The topological polar surface area (TPSA) is 26.3 Å². The van der Waals surface area contributed by atoms with Crippen molar-refractivity contribution in [1.82, 2.24) is 0 Å². The lowest BCUT2D eigenvalue weighted by molar-refractivity contribution is -0.143. The third-order valence-electron chi connectivity index (χ3n) is 1.76. The minimum absolute atomic E-state index is 0.127. The van der Waals surface area contributed by atoms with E-state index in [2.05, 4.69) is 6.08 Å². The molecule has 0 saturated carbocycles. The van der Waals surface area contributed by atoms with E-state index in [0.717, 1.165) is 0 Å². The Morgan fingerprint density at radius 1 is 1.45 bits per heavy atom. The summed E-state index contributed by atoms with van der Waals surface area (Å²) in [6.07, 6.45) is 11.6. The second-order valence-electron chi connectivity index (χ2n) is 2.53. The Morgan fingerprint density at radius 3 is 3.27 bits per heavy atom. The number of hydrogen-bond acceptors (Lipinski definition) is 2. The third-order valence-corrected chi connectivity index (χ3v) is 1.76. The molecule has 1 aliphatic heterocycles. The number of hydrogen-bond donors (Lipinski definition) is 0. The van der Waals surface area contributed by atoms with Gasteiger partial charge in [-0.05, 0) is 12.2 Å². The summed E-state index contributed by atoms with van der Waals surface area (Å²) in [6.45, 7) is 0. The molecule has 2 heteroatoms. The molecular weight excluding hydrogens is 140 g/mol. The summed E-state index contributed by atoms with van der Waals surface area (Å²) >= 11 is 0. The molecular formula is C9H7O2. The van der Waals surface area contributed by atoms with Crippen molar-refractivity contribution >= 4 is 5.97 Å². The first-order valence-corrected chi connectivity index (χ1v) is 3.51. The molecule has 2 aliphatic rings. The van der Waals surface area contributed by atoms with Crippen molar-refractivity contribution in [3.63, 3.8) is 0 Å². The van der Waals surface area contributed by atoms with Gasteiger partial charge in [0.05, 0.1) is 0 Å². The maximum atomic E-state index is 10.7. The highest BCUT2D eigenvalue weighted by atomic mass is 16.5. The maximum Gasteiger partial charge on any atom is 0.331 e. The first-order valence-electron chi connectivity index (χ1n) is 3.51. The van der Waals surface area contributed by atoms with Gasteiger partial charge in [-0.2, -0.15) is 0 Å². The summed E-state index contributed by atoms with van der Waals surface area (Å²) in [4.78, 5) is 10.7. The summed E-state index contributed by atoms with van der Waals surface area (Å²) in [5, 5.41) is 0. The highest BCUT2D eigenvalue weighted by Crippen LogP contribution is 2.20. The Kier molecular flexibility index (Phi) is 1.39. The maximum absolute atomic E-state index is 10.7. The van der Waals surface area contributed by atoms with Gasteiger partial charge < -0.3 is 4.74 Å². The predicted molar refractivity (Wildman–Crippen MR) is 39.5 cm³/mol. The zero-order valence-corrected chi connectivity index (χ0v) is 5.86. The lowest BCUT2D eigenvalue weighted by Gasteiger charge is -2.23. The molecule has 0 aromatic heterocycles. The first kappa shape index (κ1) is 6.40. The van der Waals surface area contributed by atoms with E-state index in [0.29, 0.717) is 0 Å². The number of ether oxygens (including phenoxy) is 1. The van der Waals surface area contributed by atoms with Crippen molar-refractivity contribution in [3.8, 4) is 0 Å². The molecule has 0 aromatic carbocycles. The van der Waals surface area contributed by atoms with E-state index >= 15 is 0 Å². The fourth-order valence-corrected chi connectivity index (χ4v) is 1.19. The van der Waals surface area contributed by atoms with Crippen molar-refractivity contribution in [2.75, 3.05) is 0 Å². The largest absolute Gasteiger partial charge is 0.454 e. The van der Waals surface area contributed by atoms with Crippen LogP contribution in [0.3, 0.4) is 0 Å². The molecule has 0 aromatic rings. The minimum atomic E-state index is -0.264. The van der Waals surface area contributed by atoms with Gasteiger partial charge >= 0.3 is 5.97 Å². The van der Waals surface area contributed by atoms with Crippen molar-refractivity contribution in [3.05, 3.63) is 36.5 Å². The Morgan fingerprint density at radius 2 is 2.36 bits per heavy atom. The molecule has 1 aliphatic carbocycles. The molecule has 0 saturated heterocycles. The summed E-state index contributed by atoms with van der Waals surface area (Å²) in [7, 11) is 0. The van der Waals surface area contributed by atoms with E-state index < -0.39 is 0 Å². The fraction of sp³-hybridized carbons (Fsp3) is 0.222. The van der Waals surface area contributed by atoms with E-state index in [-0.39, 0.29) is 18.0 Å². The van der Waals surface area contributed by atoms with Crippen molar-refractivity contribution in [2.45, 2.75) is 6.10 Å². The van der Waals surface area contributed by atoms with Gasteiger partial charge in [-0.15, -0.1) is 0 Å². The van der Waals surface area contributed by atoms with Crippen LogP contribution in [0.1, 0.15) is 0 Å². The third kappa shape index (κ3) is 1.11. The SMILES string of the molecule is O=C1C=CC2C=C[C]=CC2O1. The number of carbonyl (C=O) groups excluding carboxylic acids is 1. The van der Waals surface area contributed by atoms with Crippen molar-refractivity contribution in [1.29, 1.82) is 0 Å². The number of rotatable bonds is 0. The molecule has 2 atom stereocenters. The van der Waals surface area contributed by atoms with Gasteiger partial charge in [0.2, 0.25) is 0 Å². The van der Waals surface area contributed by atoms with Crippen LogP contribution >= 0.6 is 0 Å². The standard InChI is InChI=1S/C9H7O2/c10-9-6-5-7-3-1-2-4-8(7)11-9/h1,3-8H. The predicted octanol–water partition coefficient (Wildman–Crippen LogP) is 1.01. The van der Waals surface area contributed by atoms with Crippen LogP contribution in [0.2, 0.25) is 0 Å². The second kappa shape index (κ2) is 2.38. The Labute approximate surface area is 64.9 Å². The summed E-state index contributed by atoms with van der Waals surface area (Å²) in [6, 6.07) is 0. The normalized spacial score (nSPS) is 33.3. The van der Waals surface area contributed by atoms with Gasteiger partial charge in [0, 0.05) is 12.0 Å². The van der Waals surface area contributed by atoms with Gasteiger partial charge in [-0.3, -0.25) is 0 Å². The van der Waals surface area contributed by atoms with E-state index in [1.807, 2.05) is 18.2 Å². The average molecular weight is 147 g/mol. The van der Waals surface area contributed by atoms with Gasteiger partial charge in [0.15, 0.2) is 0 Å². The van der Waals surface area contributed by atoms with Crippen LogP contribution in [0.15, 0.2) is 30.4 Å². The number of allylic oxidation sites excluding steroid dienone is 2. The van der Waals surface area contributed by atoms with Gasteiger partial charge in [0.1, 0.15) is 6.10 Å². The molecule has 1 heterocycles. The molecule has 0 N–H and O–H groups in total. The summed E-state index contributed by atoms with van der Waals surface area (Å²) in [5.41, 5.74) is 0. The van der Waals surface area contributed by atoms with E-state index in [1.54, 1.807) is 6.08 Å². The smallest absolute Gasteiger partial charge is 0.331 e. The number of esters is 1. The van der Waals surface area contributed by atoms with E-state index in [9.17, 15) is 4.79 Å². The quantitative estimate of drug-likeness (QED) is 0.478. The fourth-order valence-electron chi connectivity index (χ4n) is 1.19. The molecule has 2 nitrogen and oxygen atoms in total. The van der Waals surface area contributed by atoms with Crippen LogP contribution in [-0.2, 0) is 9.53 Å². The zero-order valence-electron chi connectivity index (χ0n) is 5.86. The van der Waals surface area contributed by atoms with Gasteiger partial charge in [-0.25, -0.2) is 4.79 Å². The van der Waals surface area contributed by atoms with Gasteiger partial charge in [0.25, 0.3) is 0 Å². The van der Waals surface area contributed by atoms with E-state index in [1.165, 1.54) is 6.08 Å². The average Bonchev–Trinajstić information content (AvgIpc) is 2.04. The molecule has 0 fully saturated rings. The lowest BCUT2D eigenvalue weighted by atomic mass is 9.95. The van der Waals surface area contributed by atoms with Crippen molar-refractivity contribution < 1.29 is 9.53 Å².